The molecule has 0 saturated heterocycles. The highest BCUT2D eigenvalue weighted by Gasteiger charge is 2.06. The SMILES string of the molecule is COCC(=O)NCCOCCC(=O)NCCOCCC(=O)C(C)C. The van der Waals surface area contributed by atoms with E-state index < -0.39 is 0 Å². The number of ether oxygens (including phenoxy) is 3. The van der Waals surface area contributed by atoms with Gasteiger partial charge in [0, 0.05) is 39.0 Å². The molecule has 0 radical (unpaired) electrons. The minimum Gasteiger partial charge on any atom is -0.379 e. The molecule has 0 fully saturated rings. The van der Waals surface area contributed by atoms with E-state index in [0.717, 1.165) is 0 Å². The predicted molar refractivity (Wildman–Crippen MR) is 88.6 cm³/mol. The summed E-state index contributed by atoms with van der Waals surface area (Å²) in [4.78, 5) is 33.9. The fraction of sp³-hybridized carbons (Fsp3) is 0.812. The molecule has 8 heteroatoms. The van der Waals surface area contributed by atoms with Gasteiger partial charge in [0.1, 0.15) is 12.4 Å². The molecule has 0 aromatic carbocycles. The Labute approximate surface area is 143 Å². The second kappa shape index (κ2) is 15.0. The summed E-state index contributed by atoms with van der Waals surface area (Å²) in [6.07, 6.45) is 0.651. The van der Waals surface area contributed by atoms with Crippen LogP contribution >= 0.6 is 0 Å². The zero-order valence-corrected chi connectivity index (χ0v) is 14.9. The predicted octanol–water partition coefficient (Wildman–Crippen LogP) is -0.0963. The number of hydrogen-bond acceptors (Lipinski definition) is 6. The van der Waals surface area contributed by atoms with E-state index in [1.54, 1.807) is 0 Å². The summed E-state index contributed by atoms with van der Waals surface area (Å²) in [5, 5.41) is 5.31. The molecule has 24 heavy (non-hydrogen) atoms. The first-order valence-electron chi connectivity index (χ1n) is 8.18. The lowest BCUT2D eigenvalue weighted by atomic mass is 10.1. The molecule has 0 aliphatic rings. The van der Waals surface area contributed by atoms with Crippen LogP contribution in [0.4, 0.5) is 0 Å². The topological polar surface area (TPSA) is 103 Å². The third-order valence-corrected chi connectivity index (χ3v) is 3.02. The first-order valence-corrected chi connectivity index (χ1v) is 8.18. The number of carbonyl (C=O) groups is 3. The van der Waals surface area contributed by atoms with E-state index in [4.69, 9.17) is 9.47 Å². The van der Waals surface area contributed by atoms with Gasteiger partial charge in [0.25, 0.3) is 0 Å². The van der Waals surface area contributed by atoms with E-state index in [9.17, 15) is 14.4 Å². The summed E-state index contributed by atoms with van der Waals surface area (Å²) >= 11 is 0. The number of Topliss-reactive ketones (excluding diaryl/α,β-unsaturated/α-hetero) is 1. The lowest BCUT2D eigenvalue weighted by Crippen LogP contribution is -2.31. The molecule has 0 aromatic heterocycles. The van der Waals surface area contributed by atoms with Gasteiger partial charge in [-0.05, 0) is 0 Å². The van der Waals surface area contributed by atoms with Gasteiger partial charge < -0.3 is 24.8 Å². The Bertz CT molecular complexity index is 374. The van der Waals surface area contributed by atoms with Crippen LogP contribution in [0.15, 0.2) is 0 Å². The fourth-order valence-electron chi connectivity index (χ4n) is 1.63. The van der Waals surface area contributed by atoms with Crippen LogP contribution in [-0.4, -0.2) is 70.8 Å². The summed E-state index contributed by atoms with van der Waals surface area (Å²) in [6.45, 7) is 5.92. The van der Waals surface area contributed by atoms with Gasteiger partial charge in [-0.15, -0.1) is 0 Å². The molecule has 8 nitrogen and oxygen atoms in total. The van der Waals surface area contributed by atoms with Crippen LogP contribution in [-0.2, 0) is 28.6 Å². The Morgan fingerprint density at radius 3 is 1.92 bits per heavy atom. The van der Waals surface area contributed by atoms with Gasteiger partial charge in [-0.3, -0.25) is 14.4 Å². The van der Waals surface area contributed by atoms with Gasteiger partial charge in [0.05, 0.1) is 26.4 Å². The molecule has 0 aliphatic carbocycles. The summed E-state index contributed by atoms with van der Waals surface area (Å²) in [7, 11) is 1.45. The van der Waals surface area contributed by atoms with Crippen molar-refractivity contribution in [1.82, 2.24) is 10.6 Å². The third-order valence-electron chi connectivity index (χ3n) is 3.02. The van der Waals surface area contributed by atoms with E-state index >= 15 is 0 Å². The van der Waals surface area contributed by atoms with Crippen LogP contribution in [0.3, 0.4) is 0 Å². The van der Waals surface area contributed by atoms with Crippen LogP contribution in [0.5, 0.6) is 0 Å². The van der Waals surface area contributed by atoms with E-state index in [0.29, 0.717) is 39.3 Å². The average Bonchev–Trinajstić information content (AvgIpc) is 2.53. The standard InChI is InChI=1S/C16H30N2O6/c1-13(2)14(19)4-8-23-10-6-17-15(20)5-9-24-11-7-18-16(21)12-22-3/h13H,4-12H2,1-3H3,(H,17,20)(H,18,21). The van der Waals surface area contributed by atoms with Gasteiger partial charge in [0.2, 0.25) is 11.8 Å². The summed E-state index contributed by atoms with van der Waals surface area (Å²) in [5.41, 5.74) is 0. The van der Waals surface area contributed by atoms with E-state index in [1.165, 1.54) is 7.11 Å². The number of hydrogen-bond donors (Lipinski definition) is 2. The molecule has 0 spiro atoms. The van der Waals surface area contributed by atoms with Crippen LogP contribution in [0.2, 0.25) is 0 Å². The number of nitrogens with one attached hydrogen (secondary N) is 2. The Morgan fingerprint density at radius 1 is 0.833 bits per heavy atom. The number of rotatable bonds is 15. The molecule has 2 amide bonds. The lowest BCUT2D eigenvalue weighted by molar-refractivity contribution is -0.125. The lowest BCUT2D eigenvalue weighted by Gasteiger charge is -2.08. The van der Waals surface area contributed by atoms with Crippen LogP contribution in [0.25, 0.3) is 0 Å². The van der Waals surface area contributed by atoms with Gasteiger partial charge in [-0.25, -0.2) is 0 Å². The minimum absolute atomic E-state index is 0.0239. The average molecular weight is 346 g/mol. The summed E-state index contributed by atoms with van der Waals surface area (Å²) in [5.74, 6) is -0.120. The molecule has 0 aromatic rings. The van der Waals surface area contributed by atoms with Gasteiger partial charge in [-0.2, -0.15) is 0 Å². The smallest absolute Gasteiger partial charge is 0.246 e. The molecule has 0 unspecified atom stereocenters. The zero-order chi connectivity index (χ0) is 18.2. The summed E-state index contributed by atoms with van der Waals surface area (Å²) in [6, 6.07) is 0. The molecule has 0 heterocycles. The van der Waals surface area contributed by atoms with Crippen molar-refractivity contribution in [2.75, 3.05) is 53.2 Å². The monoisotopic (exact) mass is 346 g/mol. The van der Waals surface area contributed by atoms with Crippen molar-refractivity contribution < 1.29 is 28.6 Å². The van der Waals surface area contributed by atoms with Crippen LogP contribution in [0, 0.1) is 5.92 Å². The maximum absolute atomic E-state index is 11.5. The number of amides is 2. The highest BCUT2D eigenvalue weighted by Crippen LogP contribution is 1.98. The summed E-state index contributed by atoms with van der Waals surface area (Å²) < 4.78 is 15.2. The molecule has 0 aliphatic heterocycles. The molecule has 0 bridgehead atoms. The van der Waals surface area contributed by atoms with Crippen molar-refractivity contribution >= 4 is 17.6 Å². The Morgan fingerprint density at radius 2 is 1.38 bits per heavy atom. The molecule has 140 valence electrons. The van der Waals surface area contributed by atoms with E-state index in [-0.39, 0.29) is 43.2 Å². The molecule has 0 rings (SSSR count). The largest absolute Gasteiger partial charge is 0.379 e. The highest BCUT2D eigenvalue weighted by atomic mass is 16.5. The molecule has 0 atom stereocenters. The molecule has 2 N–H and O–H groups in total. The molecular formula is C16H30N2O6. The Kier molecular flexibility index (Phi) is 14.1. The Balaban J connectivity index is 3.35. The number of carbonyl (C=O) groups excluding carboxylic acids is 3. The zero-order valence-electron chi connectivity index (χ0n) is 14.9. The maximum Gasteiger partial charge on any atom is 0.246 e. The highest BCUT2D eigenvalue weighted by molar-refractivity contribution is 5.80. The minimum atomic E-state index is -0.200. The number of ketones is 1. The maximum atomic E-state index is 11.5. The van der Waals surface area contributed by atoms with Gasteiger partial charge >= 0.3 is 0 Å². The van der Waals surface area contributed by atoms with Crippen molar-refractivity contribution in [3.63, 3.8) is 0 Å². The van der Waals surface area contributed by atoms with Crippen molar-refractivity contribution in [2.45, 2.75) is 26.7 Å². The van der Waals surface area contributed by atoms with Crippen molar-refractivity contribution in [1.29, 1.82) is 0 Å². The van der Waals surface area contributed by atoms with Crippen LogP contribution < -0.4 is 10.6 Å². The third kappa shape index (κ3) is 14.1. The quantitative estimate of drug-likeness (QED) is 0.402. The second-order valence-electron chi connectivity index (χ2n) is 5.48. The van der Waals surface area contributed by atoms with E-state index in [1.807, 2.05) is 13.8 Å². The van der Waals surface area contributed by atoms with Crippen LogP contribution in [0.1, 0.15) is 26.7 Å². The Hall–Kier alpha value is -1.51. The first-order chi connectivity index (χ1) is 11.5. The van der Waals surface area contributed by atoms with E-state index in [2.05, 4.69) is 15.4 Å². The van der Waals surface area contributed by atoms with Crippen molar-refractivity contribution in [3.05, 3.63) is 0 Å². The first kappa shape index (κ1) is 22.5. The fourth-order valence-corrected chi connectivity index (χ4v) is 1.63. The van der Waals surface area contributed by atoms with Gasteiger partial charge in [-0.1, -0.05) is 13.8 Å². The molecule has 0 saturated carbocycles. The van der Waals surface area contributed by atoms with Crippen molar-refractivity contribution in [2.24, 2.45) is 5.92 Å². The van der Waals surface area contributed by atoms with Crippen molar-refractivity contribution in [3.8, 4) is 0 Å². The number of methoxy groups -OCH3 is 1. The van der Waals surface area contributed by atoms with Gasteiger partial charge in [0.15, 0.2) is 0 Å². The molecular weight excluding hydrogens is 316 g/mol. The second-order valence-corrected chi connectivity index (χ2v) is 5.48. The normalized spacial score (nSPS) is 10.7.